The molecule has 0 radical (unpaired) electrons. The minimum absolute atomic E-state index is 0.0343. The predicted octanol–water partition coefficient (Wildman–Crippen LogP) is 5.23. The van der Waals surface area contributed by atoms with Crippen LogP contribution in [-0.4, -0.2) is 31.5 Å². The zero-order chi connectivity index (χ0) is 23.9. The Morgan fingerprint density at radius 1 is 0.941 bits per heavy atom. The van der Waals surface area contributed by atoms with E-state index < -0.39 is 0 Å². The van der Waals surface area contributed by atoms with E-state index >= 15 is 0 Å². The quantitative estimate of drug-likeness (QED) is 0.250. The van der Waals surface area contributed by atoms with Crippen LogP contribution in [0.3, 0.4) is 0 Å². The van der Waals surface area contributed by atoms with Gasteiger partial charge in [0.2, 0.25) is 0 Å². The summed E-state index contributed by atoms with van der Waals surface area (Å²) in [5, 5.41) is 24.1. The van der Waals surface area contributed by atoms with Crippen LogP contribution in [0, 0.1) is 6.92 Å². The number of nitrogens with zero attached hydrogens (tertiary/aromatic N) is 3. The van der Waals surface area contributed by atoms with Crippen molar-refractivity contribution in [1.82, 2.24) is 20.6 Å². The second-order valence-electron chi connectivity index (χ2n) is 8.39. The number of aryl methyl sites for hydroxylation is 2. The predicted molar refractivity (Wildman–Crippen MR) is 130 cm³/mol. The van der Waals surface area contributed by atoms with Gasteiger partial charge in [0.05, 0.1) is 5.56 Å². The summed E-state index contributed by atoms with van der Waals surface area (Å²) in [7, 11) is 0. The summed E-state index contributed by atoms with van der Waals surface area (Å²) in [6, 6.07) is 20.0. The molecule has 4 aromatic rings. The first-order valence-corrected chi connectivity index (χ1v) is 11.4. The molecule has 0 aliphatic carbocycles. The normalized spacial score (nSPS) is 10.9. The van der Waals surface area contributed by atoms with Gasteiger partial charge in [0, 0.05) is 5.56 Å². The fourth-order valence-electron chi connectivity index (χ4n) is 3.86. The van der Waals surface area contributed by atoms with Crippen molar-refractivity contribution >= 4 is 5.78 Å². The smallest absolute Gasteiger partial charge is 0.179 e. The van der Waals surface area contributed by atoms with Crippen molar-refractivity contribution in [3.8, 4) is 22.9 Å². The summed E-state index contributed by atoms with van der Waals surface area (Å²) in [5.41, 5.74) is 5.44. The standard InChI is InChI=1S/C27H28N4O3/c1-18-23(13-16-25(19(2)32)26(18)33)17-34-24-14-9-21(10-15-24)6-4-3-5-20-7-11-22(12-8-20)27-28-30-31-29-27/h7-16,33H,3-6,17H2,1-2H3,(H,28,29,30,31). The maximum atomic E-state index is 11.6. The van der Waals surface area contributed by atoms with E-state index in [1.165, 1.54) is 18.1 Å². The number of carbonyl (C=O) groups excluding carboxylic acids is 1. The van der Waals surface area contributed by atoms with Crippen LogP contribution in [0.2, 0.25) is 0 Å². The molecule has 0 saturated heterocycles. The number of ether oxygens (including phenoxy) is 1. The molecular formula is C27H28N4O3. The van der Waals surface area contributed by atoms with Gasteiger partial charge in [-0.15, -0.1) is 5.10 Å². The molecule has 0 aliphatic heterocycles. The van der Waals surface area contributed by atoms with Crippen LogP contribution in [0.15, 0.2) is 60.7 Å². The van der Waals surface area contributed by atoms with E-state index in [1.807, 2.05) is 30.3 Å². The summed E-state index contributed by atoms with van der Waals surface area (Å²) >= 11 is 0. The highest BCUT2D eigenvalue weighted by molar-refractivity contribution is 5.97. The number of phenolic OH excluding ortho intramolecular Hbond substituents is 1. The van der Waals surface area contributed by atoms with E-state index in [1.54, 1.807) is 13.0 Å². The maximum Gasteiger partial charge on any atom is 0.179 e. The number of aromatic amines is 1. The Labute approximate surface area is 198 Å². The van der Waals surface area contributed by atoms with E-state index in [0.29, 0.717) is 23.6 Å². The van der Waals surface area contributed by atoms with Gasteiger partial charge in [-0.1, -0.05) is 42.5 Å². The number of aromatic hydroxyl groups is 1. The molecule has 7 heteroatoms. The first kappa shape index (κ1) is 23.2. The van der Waals surface area contributed by atoms with Crippen LogP contribution in [0.25, 0.3) is 11.4 Å². The Bertz CT molecular complexity index is 1230. The molecule has 174 valence electrons. The van der Waals surface area contributed by atoms with Crippen molar-refractivity contribution in [1.29, 1.82) is 0 Å². The molecule has 0 fully saturated rings. The number of tetrazole rings is 1. The van der Waals surface area contributed by atoms with E-state index in [-0.39, 0.29) is 11.5 Å². The molecule has 34 heavy (non-hydrogen) atoms. The fourth-order valence-corrected chi connectivity index (χ4v) is 3.86. The van der Waals surface area contributed by atoms with Crippen molar-refractivity contribution in [2.45, 2.75) is 46.1 Å². The fraction of sp³-hybridized carbons (Fsp3) is 0.259. The minimum atomic E-state index is -0.151. The third-order valence-corrected chi connectivity index (χ3v) is 5.99. The zero-order valence-electron chi connectivity index (χ0n) is 19.4. The number of rotatable bonds is 10. The molecule has 0 bridgehead atoms. The van der Waals surface area contributed by atoms with Crippen molar-refractivity contribution in [2.24, 2.45) is 0 Å². The van der Waals surface area contributed by atoms with Crippen LogP contribution < -0.4 is 4.74 Å². The van der Waals surface area contributed by atoms with Gasteiger partial charge in [-0.05, 0) is 90.4 Å². The van der Waals surface area contributed by atoms with Crippen molar-refractivity contribution in [3.63, 3.8) is 0 Å². The largest absolute Gasteiger partial charge is 0.507 e. The van der Waals surface area contributed by atoms with Gasteiger partial charge in [-0.3, -0.25) is 4.79 Å². The number of nitrogens with one attached hydrogen (secondary N) is 1. The highest BCUT2D eigenvalue weighted by Crippen LogP contribution is 2.27. The van der Waals surface area contributed by atoms with Gasteiger partial charge in [0.1, 0.15) is 18.1 Å². The Morgan fingerprint density at radius 2 is 1.59 bits per heavy atom. The van der Waals surface area contributed by atoms with Gasteiger partial charge >= 0.3 is 0 Å². The molecule has 0 aliphatic rings. The summed E-state index contributed by atoms with van der Waals surface area (Å²) in [4.78, 5) is 11.6. The minimum Gasteiger partial charge on any atom is -0.507 e. The molecule has 0 unspecified atom stereocenters. The second kappa shape index (κ2) is 10.7. The lowest BCUT2D eigenvalue weighted by Crippen LogP contribution is -2.01. The molecule has 0 saturated carbocycles. The maximum absolute atomic E-state index is 11.6. The highest BCUT2D eigenvalue weighted by Gasteiger charge is 2.12. The first-order valence-electron chi connectivity index (χ1n) is 11.4. The molecule has 1 heterocycles. The number of hydrogen-bond donors (Lipinski definition) is 2. The van der Waals surface area contributed by atoms with Gasteiger partial charge in [-0.25, -0.2) is 5.10 Å². The number of Topliss-reactive ketones (excluding diaryl/α,β-unsaturated/α-hetero) is 1. The van der Waals surface area contributed by atoms with Gasteiger partial charge in [0.25, 0.3) is 0 Å². The molecule has 0 amide bonds. The number of ketones is 1. The van der Waals surface area contributed by atoms with Crippen LogP contribution in [0.1, 0.15) is 52.4 Å². The lowest BCUT2D eigenvalue weighted by Gasteiger charge is -2.12. The molecule has 2 N–H and O–H groups in total. The monoisotopic (exact) mass is 456 g/mol. The van der Waals surface area contributed by atoms with Crippen molar-refractivity contribution in [2.75, 3.05) is 0 Å². The molecule has 0 spiro atoms. The number of unbranched alkanes of at least 4 members (excludes halogenated alkanes) is 1. The number of H-pyrrole nitrogens is 1. The third kappa shape index (κ3) is 5.67. The van der Waals surface area contributed by atoms with E-state index in [9.17, 15) is 9.90 Å². The molecular weight excluding hydrogens is 428 g/mol. The van der Waals surface area contributed by atoms with Gasteiger partial charge < -0.3 is 9.84 Å². The van der Waals surface area contributed by atoms with Crippen LogP contribution in [0.4, 0.5) is 0 Å². The lowest BCUT2D eigenvalue weighted by atomic mass is 10.0. The van der Waals surface area contributed by atoms with Crippen molar-refractivity contribution < 1.29 is 14.6 Å². The third-order valence-electron chi connectivity index (χ3n) is 5.99. The van der Waals surface area contributed by atoms with Crippen molar-refractivity contribution in [3.05, 3.63) is 88.5 Å². The number of phenols is 1. The number of aromatic nitrogens is 4. The lowest BCUT2D eigenvalue weighted by molar-refractivity contribution is 0.101. The summed E-state index contributed by atoms with van der Waals surface area (Å²) in [6.45, 7) is 3.58. The summed E-state index contributed by atoms with van der Waals surface area (Å²) in [5.74, 6) is 1.34. The molecule has 7 nitrogen and oxygen atoms in total. The number of hydrogen-bond acceptors (Lipinski definition) is 6. The van der Waals surface area contributed by atoms with Crippen LogP contribution in [0.5, 0.6) is 11.5 Å². The number of carbonyl (C=O) groups is 1. The Balaban J connectivity index is 1.22. The first-order chi connectivity index (χ1) is 16.5. The second-order valence-corrected chi connectivity index (χ2v) is 8.39. The SMILES string of the molecule is CC(=O)c1ccc(COc2ccc(CCCCc3ccc(-c4nnn[nH]4)cc3)cc2)c(C)c1O. The average molecular weight is 457 g/mol. The van der Waals surface area contributed by atoms with E-state index in [2.05, 4.69) is 44.9 Å². The van der Waals surface area contributed by atoms with Gasteiger partial charge in [0.15, 0.2) is 11.6 Å². The van der Waals surface area contributed by atoms with Crippen LogP contribution >= 0.6 is 0 Å². The van der Waals surface area contributed by atoms with Crippen LogP contribution in [-0.2, 0) is 19.4 Å². The Kier molecular flexibility index (Phi) is 7.32. The zero-order valence-corrected chi connectivity index (χ0v) is 19.4. The molecule has 0 atom stereocenters. The Morgan fingerprint density at radius 3 is 2.18 bits per heavy atom. The summed E-state index contributed by atoms with van der Waals surface area (Å²) in [6.07, 6.45) is 4.27. The highest BCUT2D eigenvalue weighted by atomic mass is 16.5. The average Bonchev–Trinajstić information content (AvgIpc) is 3.39. The molecule has 1 aromatic heterocycles. The van der Waals surface area contributed by atoms with E-state index in [0.717, 1.165) is 42.6 Å². The number of benzene rings is 3. The Hall–Kier alpha value is -4.00. The molecule has 3 aromatic carbocycles. The topological polar surface area (TPSA) is 101 Å². The summed E-state index contributed by atoms with van der Waals surface area (Å²) < 4.78 is 5.89. The van der Waals surface area contributed by atoms with E-state index in [4.69, 9.17) is 4.74 Å². The molecule has 4 rings (SSSR count). The van der Waals surface area contributed by atoms with Gasteiger partial charge in [-0.2, -0.15) is 0 Å².